The van der Waals surface area contributed by atoms with Gasteiger partial charge in [0, 0.05) is 29.8 Å². The molecule has 0 atom stereocenters. The second-order valence-electron chi connectivity index (χ2n) is 5.05. The minimum atomic E-state index is -0.566. The molecule has 8 heteroatoms. The maximum absolute atomic E-state index is 12.4. The van der Waals surface area contributed by atoms with E-state index in [4.69, 9.17) is 11.6 Å². The van der Waals surface area contributed by atoms with Crippen LogP contribution in [0.15, 0.2) is 54.2 Å². The van der Waals surface area contributed by atoms with Crippen LogP contribution in [0.2, 0.25) is 5.02 Å². The number of halogens is 1. The molecule has 0 aliphatic rings. The third kappa shape index (κ3) is 5.43. The van der Waals surface area contributed by atoms with Crippen LogP contribution in [0.1, 0.15) is 12.5 Å². The fourth-order valence-electron chi connectivity index (χ4n) is 1.97. The van der Waals surface area contributed by atoms with Crippen LogP contribution in [0.3, 0.4) is 0 Å². The van der Waals surface area contributed by atoms with Crippen molar-refractivity contribution in [3.63, 3.8) is 0 Å². The number of carbonyl (C=O) groups excluding carboxylic acids is 2. The highest BCUT2D eigenvalue weighted by Gasteiger charge is 2.13. The topological polar surface area (TPSA) is 101 Å². The van der Waals surface area contributed by atoms with Crippen molar-refractivity contribution < 1.29 is 14.5 Å². The SMILES string of the molecule is CC(=O)NC(=Cc1cccc([N+](=O)[O-])c1)C(=O)Nc1ccc(Cl)cc1. The van der Waals surface area contributed by atoms with E-state index in [1.807, 2.05) is 0 Å². The molecule has 0 saturated heterocycles. The predicted molar refractivity (Wildman–Crippen MR) is 95.0 cm³/mol. The molecule has 0 heterocycles. The number of nitro benzene ring substituents is 1. The van der Waals surface area contributed by atoms with Crippen molar-refractivity contribution in [2.45, 2.75) is 6.92 Å². The summed E-state index contributed by atoms with van der Waals surface area (Å²) in [6, 6.07) is 12.2. The largest absolute Gasteiger partial charge is 0.322 e. The molecule has 0 spiro atoms. The number of hydrogen-bond donors (Lipinski definition) is 2. The van der Waals surface area contributed by atoms with Crippen LogP contribution in [-0.4, -0.2) is 16.7 Å². The van der Waals surface area contributed by atoms with E-state index in [9.17, 15) is 19.7 Å². The van der Waals surface area contributed by atoms with Crippen LogP contribution >= 0.6 is 11.6 Å². The number of amides is 2. The number of nitrogens with zero attached hydrogens (tertiary/aromatic N) is 1. The van der Waals surface area contributed by atoms with E-state index >= 15 is 0 Å². The smallest absolute Gasteiger partial charge is 0.272 e. The zero-order valence-corrected chi connectivity index (χ0v) is 13.9. The van der Waals surface area contributed by atoms with E-state index < -0.39 is 16.7 Å². The number of rotatable bonds is 5. The minimum Gasteiger partial charge on any atom is -0.322 e. The summed E-state index contributed by atoms with van der Waals surface area (Å²) in [5.74, 6) is -1.01. The summed E-state index contributed by atoms with van der Waals surface area (Å²) in [4.78, 5) is 34.1. The summed E-state index contributed by atoms with van der Waals surface area (Å²) in [6.07, 6.45) is 1.36. The molecule has 0 aliphatic heterocycles. The molecule has 25 heavy (non-hydrogen) atoms. The molecule has 0 radical (unpaired) electrons. The number of non-ortho nitro benzene ring substituents is 1. The fourth-order valence-corrected chi connectivity index (χ4v) is 2.10. The van der Waals surface area contributed by atoms with Crippen molar-refractivity contribution in [2.75, 3.05) is 5.32 Å². The molecule has 0 unspecified atom stereocenters. The summed E-state index contributed by atoms with van der Waals surface area (Å²) < 4.78 is 0. The molecule has 0 fully saturated rings. The van der Waals surface area contributed by atoms with Crippen molar-refractivity contribution in [1.29, 1.82) is 0 Å². The number of hydrogen-bond acceptors (Lipinski definition) is 4. The van der Waals surface area contributed by atoms with Gasteiger partial charge in [-0.2, -0.15) is 0 Å². The molecule has 2 amide bonds. The molecule has 0 aliphatic carbocycles. The lowest BCUT2D eigenvalue weighted by atomic mass is 10.1. The van der Waals surface area contributed by atoms with Gasteiger partial charge in [-0.25, -0.2) is 0 Å². The monoisotopic (exact) mass is 359 g/mol. The molecule has 2 aromatic rings. The van der Waals surface area contributed by atoms with Gasteiger partial charge in [0.1, 0.15) is 5.70 Å². The van der Waals surface area contributed by atoms with E-state index in [-0.39, 0.29) is 11.4 Å². The minimum absolute atomic E-state index is 0.0389. The van der Waals surface area contributed by atoms with Crippen molar-refractivity contribution >= 4 is 40.9 Å². The maximum Gasteiger partial charge on any atom is 0.272 e. The third-order valence-corrected chi connectivity index (χ3v) is 3.30. The van der Waals surface area contributed by atoms with Crippen molar-refractivity contribution in [2.24, 2.45) is 0 Å². The molecular weight excluding hydrogens is 346 g/mol. The Bertz CT molecular complexity index is 847. The number of benzene rings is 2. The van der Waals surface area contributed by atoms with E-state index in [0.29, 0.717) is 16.3 Å². The maximum atomic E-state index is 12.4. The molecular formula is C17H14ClN3O4. The molecule has 0 saturated carbocycles. The average Bonchev–Trinajstić information content (AvgIpc) is 2.56. The summed E-state index contributed by atoms with van der Waals surface area (Å²) in [7, 11) is 0. The van der Waals surface area contributed by atoms with Crippen LogP contribution in [0.4, 0.5) is 11.4 Å². The van der Waals surface area contributed by atoms with Gasteiger partial charge in [-0.3, -0.25) is 19.7 Å². The zero-order chi connectivity index (χ0) is 18.4. The normalized spacial score (nSPS) is 10.9. The van der Waals surface area contributed by atoms with Gasteiger partial charge in [0.2, 0.25) is 5.91 Å². The molecule has 2 rings (SSSR count). The summed E-state index contributed by atoms with van der Waals surface area (Å²) in [6.45, 7) is 1.26. The van der Waals surface area contributed by atoms with Gasteiger partial charge >= 0.3 is 0 Å². The van der Waals surface area contributed by atoms with Crippen LogP contribution < -0.4 is 10.6 Å². The summed E-state index contributed by atoms with van der Waals surface area (Å²) in [5, 5.41) is 16.4. The highest BCUT2D eigenvalue weighted by Crippen LogP contribution is 2.17. The second kappa shape index (κ2) is 8.07. The number of nitro groups is 1. The first-order valence-corrected chi connectivity index (χ1v) is 7.53. The Labute approximate surface area is 148 Å². The van der Waals surface area contributed by atoms with Gasteiger partial charge in [0.25, 0.3) is 11.6 Å². The summed E-state index contributed by atoms with van der Waals surface area (Å²) >= 11 is 5.79. The predicted octanol–water partition coefficient (Wildman–Crippen LogP) is 3.36. The van der Waals surface area contributed by atoms with Gasteiger partial charge < -0.3 is 10.6 Å². The Morgan fingerprint density at radius 3 is 2.44 bits per heavy atom. The van der Waals surface area contributed by atoms with Gasteiger partial charge in [-0.05, 0) is 35.9 Å². The molecule has 2 N–H and O–H groups in total. The lowest BCUT2D eigenvalue weighted by molar-refractivity contribution is -0.384. The lowest BCUT2D eigenvalue weighted by Crippen LogP contribution is -2.28. The van der Waals surface area contributed by atoms with Gasteiger partial charge in [0.05, 0.1) is 4.92 Å². The third-order valence-electron chi connectivity index (χ3n) is 3.05. The molecule has 0 aromatic heterocycles. The highest BCUT2D eigenvalue weighted by molar-refractivity contribution is 6.30. The van der Waals surface area contributed by atoms with Crippen LogP contribution in [0.5, 0.6) is 0 Å². The van der Waals surface area contributed by atoms with Gasteiger partial charge in [0.15, 0.2) is 0 Å². The first kappa shape index (κ1) is 18.2. The fraction of sp³-hybridized carbons (Fsp3) is 0.0588. The van der Waals surface area contributed by atoms with Gasteiger partial charge in [-0.15, -0.1) is 0 Å². The standard InChI is InChI=1S/C17H14ClN3O4/c1-11(22)19-16(10-12-3-2-4-15(9-12)21(24)25)17(23)20-14-7-5-13(18)6-8-14/h2-10H,1H3,(H,19,22)(H,20,23). The van der Waals surface area contributed by atoms with E-state index in [0.717, 1.165) is 0 Å². The Balaban J connectivity index is 2.29. The van der Waals surface area contributed by atoms with Crippen LogP contribution in [-0.2, 0) is 9.59 Å². The second-order valence-corrected chi connectivity index (χ2v) is 5.49. The van der Waals surface area contributed by atoms with Crippen molar-refractivity contribution in [3.8, 4) is 0 Å². The van der Waals surface area contributed by atoms with Crippen molar-refractivity contribution in [1.82, 2.24) is 5.32 Å². The Kier molecular flexibility index (Phi) is 5.86. The average molecular weight is 360 g/mol. The quantitative estimate of drug-likeness (QED) is 0.485. The lowest BCUT2D eigenvalue weighted by Gasteiger charge is -2.10. The molecule has 128 valence electrons. The Morgan fingerprint density at radius 2 is 1.84 bits per heavy atom. The van der Waals surface area contributed by atoms with Crippen LogP contribution in [0, 0.1) is 10.1 Å². The number of nitrogens with one attached hydrogen (secondary N) is 2. The molecule has 0 bridgehead atoms. The van der Waals surface area contributed by atoms with E-state index in [2.05, 4.69) is 10.6 Å². The number of carbonyl (C=O) groups is 2. The van der Waals surface area contributed by atoms with Crippen molar-refractivity contribution in [3.05, 3.63) is 74.9 Å². The number of anilines is 1. The first-order valence-electron chi connectivity index (χ1n) is 7.16. The molecule has 7 nitrogen and oxygen atoms in total. The highest BCUT2D eigenvalue weighted by atomic mass is 35.5. The zero-order valence-electron chi connectivity index (χ0n) is 13.2. The summed E-state index contributed by atoms with van der Waals surface area (Å²) in [5.41, 5.74) is 0.742. The van der Waals surface area contributed by atoms with E-state index in [1.54, 1.807) is 30.3 Å². The first-order chi connectivity index (χ1) is 11.8. The molecule has 2 aromatic carbocycles. The van der Waals surface area contributed by atoms with Crippen LogP contribution in [0.25, 0.3) is 6.08 Å². The Morgan fingerprint density at radius 1 is 1.16 bits per heavy atom. The van der Waals surface area contributed by atoms with E-state index in [1.165, 1.54) is 31.2 Å². The Hall–Kier alpha value is -3.19. The van der Waals surface area contributed by atoms with Gasteiger partial charge in [-0.1, -0.05) is 23.7 Å².